The second-order valence-electron chi connectivity index (χ2n) is 5.85. The van der Waals surface area contributed by atoms with Gasteiger partial charge in [0.15, 0.2) is 5.96 Å². The summed E-state index contributed by atoms with van der Waals surface area (Å²) in [6, 6.07) is 6.78. The molecule has 1 aromatic carbocycles. The molecule has 1 aromatic rings. The van der Waals surface area contributed by atoms with Gasteiger partial charge >= 0.3 is 0 Å². The summed E-state index contributed by atoms with van der Waals surface area (Å²) in [4.78, 5) is 4.38. The van der Waals surface area contributed by atoms with E-state index in [1.807, 2.05) is 6.07 Å². The highest BCUT2D eigenvalue weighted by molar-refractivity contribution is 14.0. The molecule has 0 aliphatic heterocycles. The van der Waals surface area contributed by atoms with Crippen LogP contribution in [0.25, 0.3) is 0 Å². The zero-order valence-corrected chi connectivity index (χ0v) is 20.4. The first-order valence-corrected chi connectivity index (χ1v) is 10.6. The summed E-state index contributed by atoms with van der Waals surface area (Å²) in [6.07, 6.45) is 0.839. The maximum absolute atomic E-state index is 12.3. The molecule has 0 saturated heterocycles. The Labute approximate surface area is 191 Å². The average Bonchev–Trinajstić information content (AvgIpc) is 2.70. The molecule has 0 aliphatic carbocycles. The normalized spacial score (nSPS) is 11.8. The molecule has 0 heterocycles. The number of rotatable bonds is 14. The summed E-state index contributed by atoms with van der Waals surface area (Å²) in [6.45, 7) is 3.53. The Morgan fingerprint density at radius 3 is 2.48 bits per heavy atom. The first-order valence-electron chi connectivity index (χ1n) is 9.12. The molecule has 168 valence electrons. The van der Waals surface area contributed by atoms with Crippen LogP contribution in [0.5, 0.6) is 0 Å². The Balaban J connectivity index is 0.00000784. The number of halogens is 1. The minimum atomic E-state index is -3.55. The first-order chi connectivity index (χ1) is 13.5. The molecule has 0 amide bonds. The molecule has 9 nitrogen and oxygen atoms in total. The summed E-state index contributed by atoms with van der Waals surface area (Å²) in [5.74, 6) is 0.642. The summed E-state index contributed by atoms with van der Waals surface area (Å²) in [5, 5.41) is 6.36. The smallest absolute Gasteiger partial charge is 0.240 e. The molecule has 0 fully saturated rings. The first kappa shape index (κ1) is 28.0. The van der Waals surface area contributed by atoms with Gasteiger partial charge in [-0.05, 0) is 24.1 Å². The van der Waals surface area contributed by atoms with Crippen LogP contribution in [-0.4, -0.2) is 75.2 Å². The van der Waals surface area contributed by atoms with Crippen LogP contribution >= 0.6 is 24.0 Å². The van der Waals surface area contributed by atoms with Crippen LogP contribution in [0.15, 0.2) is 34.2 Å². The highest BCUT2D eigenvalue weighted by Crippen LogP contribution is 2.11. The molecule has 29 heavy (non-hydrogen) atoms. The monoisotopic (exact) mass is 544 g/mol. The van der Waals surface area contributed by atoms with Crippen molar-refractivity contribution in [3.63, 3.8) is 0 Å². The van der Waals surface area contributed by atoms with Gasteiger partial charge in [-0.3, -0.25) is 4.99 Å². The van der Waals surface area contributed by atoms with Gasteiger partial charge < -0.3 is 24.8 Å². The number of guanidine groups is 1. The lowest BCUT2D eigenvalue weighted by Crippen LogP contribution is -2.37. The second kappa shape index (κ2) is 16.8. The van der Waals surface area contributed by atoms with Gasteiger partial charge in [0.2, 0.25) is 10.0 Å². The van der Waals surface area contributed by atoms with Gasteiger partial charge in [-0.15, -0.1) is 24.0 Å². The van der Waals surface area contributed by atoms with Crippen molar-refractivity contribution in [1.82, 2.24) is 15.4 Å². The van der Waals surface area contributed by atoms with Crippen LogP contribution in [0, 0.1) is 0 Å². The zero-order valence-electron chi connectivity index (χ0n) is 17.3. The van der Waals surface area contributed by atoms with Crippen LogP contribution in [0.4, 0.5) is 0 Å². The maximum atomic E-state index is 12.3. The van der Waals surface area contributed by atoms with Crippen molar-refractivity contribution in [2.75, 3.05) is 60.8 Å². The molecule has 11 heteroatoms. The number of aliphatic imine (C=N–C) groups is 1. The van der Waals surface area contributed by atoms with E-state index in [0.29, 0.717) is 45.5 Å². The number of hydrogen-bond donors (Lipinski definition) is 3. The second-order valence-corrected chi connectivity index (χ2v) is 7.62. The quantitative estimate of drug-likeness (QED) is 0.139. The molecular weight excluding hydrogens is 511 g/mol. The van der Waals surface area contributed by atoms with E-state index < -0.39 is 10.0 Å². The highest BCUT2D eigenvalue weighted by atomic mass is 127. The van der Waals surface area contributed by atoms with E-state index in [1.165, 1.54) is 7.11 Å². The fourth-order valence-corrected chi connectivity index (χ4v) is 3.30. The Bertz CT molecular complexity index is 689. The Kier molecular flexibility index (Phi) is 16.2. The third-order valence-electron chi connectivity index (χ3n) is 3.68. The Morgan fingerprint density at radius 1 is 1.03 bits per heavy atom. The number of sulfonamides is 1. The molecule has 0 radical (unpaired) electrons. The lowest BCUT2D eigenvalue weighted by Gasteiger charge is -2.13. The average molecular weight is 544 g/mol. The third-order valence-corrected chi connectivity index (χ3v) is 5.14. The van der Waals surface area contributed by atoms with E-state index in [-0.39, 0.29) is 35.4 Å². The van der Waals surface area contributed by atoms with Crippen molar-refractivity contribution in [1.29, 1.82) is 0 Å². The molecular formula is C18H33IN4O5S. The Hall–Kier alpha value is -0.990. The molecule has 0 saturated carbocycles. The van der Waals surface area contributed by atoms with Crippen LogP contribution < -0.4 is 15.4 Å². The fraction of sp³-hybridized carbons (Fsp3) is 0.611. The number of ether oxygens (including phenoxy) is 3. The molecule has 0 aliphatic rings. The maximum Gasteiger partial charge on any atom is 0.240 e. The molecule has 0 aromatic heterocycles. The van der Waals surface area contributed by atoms with Crippen molar-refractivity contribution >= 4 is 40.0 Å². The highest BCUT2D eigenvalue weighted by Gasteiger charge is 2.13. The summed E-state index contributed by atoms with van der Waals surface area (Å²) in [5.41, 5.74) is 0.834. The van der Waals surface area contributed by atoms with Gasteiger partial charge in [0.05, 0.1) is 24.7 Å². The summed E-state index contributed by atoms with van der Waals surface area (Å²) < 4.78 is 42.2. The third kappa shape index (κ3) is 12.3. The van der Waals surface area contributed by atoms with Crippen LogP contribution in [0.2, 0.25) is 0 Å². The topological polar surface area (TPSA) is 110 Å². The van der Waals surface area contributed by atoms with Gasteiger partial charge in [-0.25, -0.2) is 13.1 Å². The number of nitrogens with one attached hydrogen (secondary N) is 3. The van der Waals surface area contributed by atoms with Crippen molar-refractivity contribution in [3.8, 4) is 0 Å². The number of benzene rings is 1. The molecule has 0 unspecified atom stereocenters. The van der Waals surface area contributed by atoms with Gasteiger partial charge in [-0.1, -0.05) is 12.1 Å². The molecule has 1 rings (SSSR count). The lowest BCUT2D eigenvalue weighted by atomic mass is 10.2. The van der Waals surface area contributed by atoms with Crippen molar-refractivity contribution in [3.05, 3.63) is 29.8 Å². The van der Waals surface area contributed by atoms with Gasteiger partial charge in [0, 0.05) is 47.5 Å². The molecule has 0 atom stereocenters. The Morgan fingerprint density at radius 2 is 1.79 bits per heavy atom. The fourth-order valence-electron chi connectivity index (χ4n) is 2.22. The lowest BCUT2D eigenvalue weighted by molar-refractivity contribution is 0.0698. The number of hydrogen-bond acceptors (Lipinski definition) is 6. The molecule has 0 spiro atoms. The van der Waals surface area contributed by atoms with E-state index in [4.69, 9.17) is 14.2 Å². The van der Waals surface area contributed by atoms with Gasteiger partial charge in [-0.2, -0.15) is 0 Å². The van der Waals surface area contributed by atoms with E-state index in [1.54, 1.807) is 32.4 Å². The van der Waals surface area contributed by atoms with Crippen LogP contribution in [0.1, 0.15) is 12.0 Å². The van der Waals surface area contributed by atoms with E-state index in [2.05, 4.69) is 20.3 Å². The predicted octanol–water partition coefficient (Wildman–Crippen LogP) is 0.947. The summed E-state index contributed by atoms with van der Waals surface area (Å²) >= 11 is 0. The zero-order chi connectivity index (χ0) is 20.7. The van der Waals surface area contributed by atoms with Crippen molar-refractivity contribution < 1.29 is 22.6 Å². The largest absolute Gasteiger partial charge is 0.383 e. The van der Waals surface area contributed by atoms with Crippen LogP contribution in [-0.2, 0) is 30.8 Å². The van der Waals surface area contributed by atoms with E-state index in [0.717, 1.165) is 12.0 Å². The summed E-state index contributed by atoms with van der Waals surface area (Å²) in [7, 11) is 1.30. The minimum absolute atomic E-state index is 0. The van der Waals surface area contributed by atoms with Crippen molar-refractivity contribution in [2.45, 2.75) is 17.9 Å². The predicted molar refractivity (Wildman–Crippen MR) is 124 cm³/mol. The minimum Gasteiger partial charge on any atom is -0.383 e. The number of methoxy groups -OCH3 is 2. The van der Waals surface area contributed by atoms with Gasteiger partial charge in [0.25, 0.3) is 0 Å². The molecule has 0 bridgehead atoms. The van der Waals surface area contributed by atoms with E-state index in [9.17, 15) is 8.42 Å². The standard InChI is InChI=1S/C18H32N4O5S.HI/c1-19-18(20-8-5-10-27-13-12-26-3)21-15-16-6-4-7-17(14-16)28(23,24)22-9-11-25-2;/h4,6-7,14,22H,5,8-13,15H2,1-3H3,(H2,19,20,21);1H. The SMILES string of the molecule is CN=C(NCCCOCCOC)NCc1cccc(S(=O)(=O)NCCOC)c1.I. The van der Waals surface area contributed by atoms with Gasteiger partial charge in [0.1, 0.15) is 0 Å². The van der Waals surface area contributed by atoms with E-state index >= 15 is 0 Å². The number of nitrogens with zero attached hydrogens (tertiary/aromatic N) is 1. The van der Waals surface area contributed by atoms with Crippen LogP contribution in [0.3, 0.4) is 0 Å². The van der Waals surface area contributed by atoms with Crippen molar-refractivity contribution in [2.24, 2.45) is 4.99 Å². The molecule has 3 N–H and O–H groups in total.